The fourth-order valence-electron chi connectivity index (χ4n) is 2.27. The third kappa shape index (κ3) is 2.87. The summed E-state index contributed by atoms with van der Waals surface area (Å²) < 4.78 is 11.7. The molecule has 0 unspecified atom stereocenters. The average Bonchev–Trinajstić information content (AvgIpc) is 2.99. The van der Waals surface area contributed by atoms with Gasteiger partial charge in [0.2, 0.25) is 12.7 Å². The van der Waals surface area contributed by atoms with Gasteiger partial charge in [0.25, 0.3) is 5.56 Å². The minimum Gasteiger partial charge on any atom is -0.454 e. The molecule has 23 heavy (non-hydrogen) atoms. The van der Waals surface area contributed by atoms with E-state index in [9.17, 15) is 9.59 Å². The van der Waals surface area contributed by atoms with Crippen molar-refractivity contribution in [1.29, 1.82) is 5.26 Å². The van der Waals surface area contributed by atoms with Crippen LogP contribution in [0.3, 0.4) is 0 Å². The van der Waals surface area contributed by atoms with E-state index in [2.05, 4.69) is 5.32 Å². The summed E-state index contributed by atoms with van der Waals surface area (Å²) in [4.78, 5) is 24.2. The lowest BCUT2D eigenvalue weighted by molar-refractivity contribution is -0.116. The van der Waals surface area contributed by atoms with E-state index in [4.69, 9.17) is 14.7 Å². The van der Waals surface area contributed by atoms with E-state index >= 15 is 0 Å². The largest absolute Gasteiger partial charge is 0.454 e. The van der Waals surface area contributed by atoms with Crippen molar-refractivity contribution in [2.45, 2.75) is 13.5 Å². The molecule has 0 fully saturated rings. The van der Waals surface area contributed by atoms with Gasteiger partial charge in [-0.3, -0.25) is 9.59 Å². The number of nitriles is 1. The Morgan fingerprint density at radius 1 is 1.30 bits per heavy atom. The number of anilines is 1. The minimum atomic E-state index is -0.478. The van der Waals surface area contributed by atoms with Crippen LogP contribution < -0.4 is 20.3 Å². The zero-order valence-electron chi connectivity index (χ0n) is 12.3. The van der Waals surface area contributed by atoms with Gasteiger partial charge in [0.05, 0.1) is 0 Å². The number of carbonyl (C=O) groups is 1. The van der Waals surface area contributed by atoms with Crippen LogP contribution >= 0.6 is 0 Å². The van der Waals surface area contributed by atoms with Gasteiger partial charge in [-0.1, -0.05) is 0 Å². The molecule has 3 rings (SSSR count). The number of pyridine rings is 1. The van der Waals surface area contributed by atoms with Gasteiger partial charge in [-0.25, -0.2) is 0 Å². The second-order valence-corrected chi connectivity index (χ2v) is 5.01. The number of aryl methyl sites for hydroxylation is 1. The number of nitrogens with one attached hydrogen (secondary N) is 1. The van der Waals surface area contributed by atoms with E-state index < -0.39 is 5.56 Å². The first-order chi connectivity index (χ1) is 11.1. The molecule has 2 heterocycles. The molecule has 1 aliphatic heterocycles. The summed E-state index contributed by atoms with van der Waals surface area (Å²) in [5.74, 6) is 0.809. The Labute approximate surface area is 131 Å². The summed E-state index contributed by atoms with van der Waals surface area (Å²) in [5, 5.41) is 11.6. The van der Waals surface area contributed by atoms with E-state index in [1.165, 1.54) is 10.6 Å². The summed E-state index contributed by atoms with van der Waals surface area (Å²) in [5.41, 5.74) is 0.677. The fourth-order valence-corrected chi connectivity index (χ4v) is 2.27. The van der Waals surface area contributed by atoms with Gasteiger partial charge in [-0.15, -0.1) is 0 Å². The molecule has 0 atom stereocenters. The van der Waals surface area contributed by atoms with Gasteiger partial charge in [0.1, 0.15) is 18.2 Å². The second-order valence-electron chi connectivity index (χ2n) is 5.01. The van der Waals surface area contributed by atoms with Crippen LogP contribution in [0.4, 0.5) is 5.69 Å². The van der Waals surface area contributed by atoms with Crippen LogP contribution in [0.1, 0.15) is 11.3 Å². The van der Waals surface area contributed by atoms with Crippen molar-refractivity contribution in [2.24, 2.45) is 0 Å². The number of ether oxygens (including phenoxy) is 2. The topological polar surface area (TPSA) is 93.4 Å². The highest BCUT2D eigenvalue weighted by molar-refractivity contribution is 5.91. The van der Waals surface area contributed by atoms with Crippen LogP contribution in [0.2, 0.25) is 0 Å². The van der Waals surface area contributed by atoms with Gasteiger partial charge < -0.3 is 19.4 Å². The Morgan fingerprint density at radius 2 is 2.09 bits per heavy atom. The maximum Gasteiger partial charge on any atom is 0.269 e. The van der Waals surface area contributed by atoms with Gasteiger partial charge in [-0.05, 0) is 31.2 Å². The Bertz CT molecular complexity index is 880. The van der Waals surface area contributed by atoms with Crippen molar-refractivity contribution in [1.82, 2.24) is 4.57 Å². The predicted octanol–water partition coefficient (Wildman–Crippen LogP) is 1.40. The van der Waals surface area contributed by atoms with E-state index in [0.717, 1.165) is 0 Å². The lowest BCUT2D eigenvalue weighted by Crippen LogP contribution is -2.30. The van der Waals surface area contributed by atoms with E-state index in [-0.39, 0.29) is 24.8 Å². The zero-order valence-corrected chi connectivity index (χ0v) is 12.3. The first-order valence-electron chi connectivity index (χ1n) is 6.88. The molecular weight excluding hydrogens is 298 g/mol. The Hall–Kier alpha value is -3.27. The van der Waals surface area contributed by atoms with Crippen molar-refractivity contribution >= 4 is 11.6 Å². The average molecular weight is 311 g/mol. The molecule has 1 amide bonds. The van der Waals surface area contributed by atoms with Gasteiger partial charge in [-0.2, -0.15) is 5.26 Å². The number of carbonyl (C=O) groups excluding carboxylic acids is 1. The maximum absolute atomic E-state index is 12.2. The number of hydrogen-bond acceptors (Lipinski definition) is 5. The van der Waals surface area contributed by atoms with Crippen LogP contribution in [0.5, 0.6) is 11.5 Å². The SMILES string of the molecule is Cc1ccc(C#N)c(=O)n1CC(=O)Nc1ccc2c(c1)OCO2. The van der Waals surface area contributed by atoms with Gasteiger partial charge in [0.15, 0.2) is 11.5 Å². The predicted molar refractivity (Wildman–Crippen MR) is 81.3 cm³/mol. The molecule has 0 aliphatic carbocycles. The lowest BCUT2D eigenvalue weighted by Gasteiger charge is -2.11. The molecule has 2 aromatic rings. The number of benzene rings is 1. The third-order valence-electron chi connectivity index (χ3n) is 3.47. The number of amides is 1. The maximum atomic E-state index is 12.2. The highest BCUT2D eigenvalue weighted by Gasteiger charge is 2.15. The fraction of sp³-hybridized carbons (Fsp3) is 0.188. The van der Waals surface area contributed by atoms with Crippen molar-refractivity contribution in [2.75, 3.05) is 12.1 Å². The summed E-state index contributed by atoms with van der Waals surface area (Å²) in [6.45, 7) is 1.69. The first kappa shape index (κ1) is 14.7. The van der Waals surface area contributed by atoms with Crippen LogP contribution in [0.15, 0.2) is 35.1 Å². The zero-order chi connectivity index (χ0) is 16.4. The molecule has 0 bridgehead atoms. The van der Waals surface area contributed by atoms with Crippen LogP contribution in [0, 0.1) is 18.3 Å². The van der Waals surface area contributed by atoms with Gasteiger partial charge in [0, 0.05) is 17.4 Å². The van der Waals surface area contributed by atoms with Crippen molar-refractivity contribution in [3.63, 3.8) is 0 Å². The van der Waals surface area contributed by atoms with Crippen molar-refractivity contribution in [3.05, 3.63) is 51.9 Å². The molecule has 1 aromatic heterocycles. The Morgan fingerprint density at radius 3 is 2.87 bits per heavy atom. The number of hydrogen-bond donors (Lipinski definition) is 1. The first-order valence-corrected chi connectivity index (χ1v) is 6.88. The molecule has 116 valence electrons. The number of rotatable bonds is 3. The highest BCUT2D eigenvalue weighted by atomic mass is 16.7. The van der Waals surface area contributed by atoms with Crippen LogP contribution in [-0.4, -0.2) is 17.3 Å². The molecule has 0 saturated heterocycles. The molecule has 1 aromatic carbocycles. The molecule has 0 saturated carbocycles. The third-order valence-corrected chi connectivity index (χ3v) is 3.47. The summed E-state index contributed by atoms with van der Waals surface area (Å²) in [7, 11) is 0. The summed E-state index contributed by atoms with van der Waals surface area (Å²) in [6.07, 6.45) is 0. The molecular formula is C16H13N3O4. The van der Waals surface area contributed by atoms with Crippen LogP contribution in [0.25, 0.3) is 0 Å². The van der Waals surface area contributed by atoms with Crippen molar-refractivity contribution in [3.8, 4) is 17.6 Å². The Balaban J connectivity index is 1.78. The Kier molecular flexibility index (Phi) is 3.73. The lowest BCUT2D eigenvalue weighted by atomic mass is 10.2. The molecule has 0 spiro atoms. The molecule has 1 N–H and O–H groups in total. The van der Waals surface area contributed by atoms with Crippen LogP contribution in [-0.2, 0) is 11.3 Å². The molecule has 0 radical (unpaired) electrons. The number of nitrogens with zero attached hydrogens (tertiary/aromatic N) is 2. The standard InChI is InChI=1S/C16H13N3O4/c1-10-2-3-11(7-17)16(21)19(10)8-15(20)18-12-4-5-13-14(6-12)23-9-22-13/h2-6H,8-9H2,1H3,(H,18,20). The highest BCUT2D eigenvalue weighted by Crippen LogP contribution is 2.34. The number of aromatic nitrogens is 1. The van der Waals surface area contributed by atoms with Gasteiger partial charge >= 0.3 is 0 Å². The molecule has 1 aliphatic rings. The summed E-state index contributed by atoms with van der Waals surface area (Å²) >= 11 is 0. The van der Waals surface area contributed by atoms with E-state index in [0.29, 0.717) is 22.9 Å². The number of fused-ring (bicyclic) bond motifs is 1. The normalized spacial score (nSPS) is 11.8. The molecule has 7 nitrogen and oxygen atoms in total. The monoisotopic (exact) mass is 311 g/mol. The van der Waals surface area contributed by atoms with E-state index in [1.54, 1.807) is 31.2 Å². The smallest absolute Gasteiger partial charge is 0.269 e. The van der Waals surface area contributed by atoms with Crippen molar-refractivity contribution < 1.29 is 14.3 Å². The quantitative estimate of drug-likeness (QED) is 0.924. The van der Waals surface area contributed by atoms with E-state index in [1.807, 2.05) is 6.07 Å². The minimum absolute atomic E-state index is 0.00600. The summed E-state index contributed by atoms with van der Waals surface area (Å²) in [6, 6.07) is 9.94. The molecule has 7 heteroatoms. The second kappa shape index (κ2) is 5.85.